The van der Waals surface area contributed by atoms with E-state index >= 15 is 0 Å². The third kappa shape index (κ3) is 2.05. The van der Waals surface area contributed by atoms with Gasteiger partial charge in [-0.05, 0) is 48.9 Å². The predicted octanol–water partition coefficient (Wildman–Crippen LogP) is 3.27. The summed E-state index contributed by atoms with van der Waals surface area (Å²) in [5.41, 5.74) is 7.01. The van der Waals surface area contributed by atoms with E-state index in [1.165, 1.54) is 6.42 Å². The Labute approximate surface area is 94.2 Å². The molecule has 1 aliphatic carbocycles. The minimum atomic E-state index is 0.352. The van der Waals surface area contributed by atoms with Crippen molar-refractivity contribution in [3.8, 4) is 0 Å². The van der Waals surface area contributed by atoms with Gasteiger partial charge in [0.25, 0.3) is 0 Å². The van der Waals surface area contributed by atoms with Crippen LogP contribution in [0, 0.1) is 5.92 Å². The Morgan fingerprint density at radius 2 is 2.07 bits per heavy atom. The van der Waals surface area contributed by atoms with E-state index < -0.39 is 0 Å². The fourth-order valence-electron chi connectivity index (χ4n) is 1.83. The molecule has 1 aromatic carbocycles. The van der Waals surface area contributed by atoms with Gasteiger partial charge in [0.2, 0.25) is 0 Å². The van der Waals surface area contributed by atoms with Crippen LogP contribution >= 0.6 is 23.2 Å². The first-order valence-corrected chi connectivity index (χ1v) is 5.62. The molecule has 2 unspecified atom stereocenters. The van der Waals surface area contributed by atoms with Gasteiger partial charge in [0.1, 0.15) is 0 Å². The second-order valence-corrected chi connectivity index (χ2v) is 4.78. The van der Waals surface area contributed by atoms with Crippen LogP contribution in [0.15, 0.2) is 18.2 Å². The first kappa shape index (κ1) is 10.3. The zero-order valence-electron chi connectivity index (χ0n) is 7.84. The van der Waals surface area contributed by atoms with E-state index in [4.69, 9.17) is 28.9 Å². The van der Waals surface area contributed by atoms with Crippen LogP contribution in [-0.2, 0) is 6.42 Å². The molecular weight excluding hydrogens is 217 g/mol. The van der Waals surface area contributed by atoms with Crippen molar-refractivity contribution < 1.29 is 0 Å². The normalized spacial score (nSPS) is 25.9. The largest absolute Gasteiger partial charge is 0.327 e. The van der Waals surface area contributed by atoms with E-state index in [1.807, 2.05) is 18.2 Å². The Morgan fingerprint density at radius 3 is 2.64 bits per heavy atom. The molecule has 2 rings (SSSR count). The molecule has 0 saturated heterocycles. The number of halogens is 2. The van der Waals surface area contributed by atoms with Crippen LogP contribution in [0.25, 0.3) is 0 Å². The van der Waals surface area contributed by atoms with Crippen LogP contribution in [0.1, 0.15) is 18.4 Å². The molecule has 0 amide bonds. The molecule has 76 valence electrons. The van der Waals surface area contributed by atoms with Crippen molar-refractivity contribution in [1.29, 1.82) is 0 Å². The molecule has 1 fully saturated rings. The Morgan fingerprint density at radius 1 is 1.29 bits per heavy atom. The van der Waals surface area contributed by atoms with Gasteiger partial charge in [0.15, 0.2) is 0 Å². The van der Waals surface area contributed by atoms with Crippen LogP contribution in [0.2, 0.25) is 10.0 Å². The number of hydrogen-bond acceptors (Lipinski definition) is 1. The van der Waals surface area contributed by atoms with Crippen LogP contribution in [0.5, 0.6) is 0 Å². The Bertz CT molecular complexity index is 338. The summed E-state index contributed by atoms with van der Waals surface area (Å²) in [6.07, 6.45) is 3.31. The van der Waals surface area contributed by atoms with E-state index in [2.05, 4.69) is 0 Å². The van der Waals surface area contributed by atoms with Crippen LogP contribution in [0.4, 0.5) is 0 Å². The van der Waals surface area contributed by atoms with Crippen LogP contribution < -0.4 is 5.73 Å². The maximum Gasteiger partial charge on any atom is 0.0439 e. The lowest BCUT2D eigenvalue weighted by molar-refractivity contribution is 0.256. The average molecular weight is 230 g/mol. The van der Waals surface area contributed by atoms with E-state index in [0.29, 0.717) is 12.0 Å². The maximum absolute atomic E-state index is 6.07. The van der Waals surface area contributed by atoms with Crippen LogP contribution in [0.3, 0.4) is 0 Å². The summed E-state index contributed by atoms with van der Waals surface area (Å²) in [7, 11) is 0. The third-order valence-corrected chi connectivity index (χ3v) is 3.57. The van der Waals surface area contributed by atoms with E-state index in [0.717, 1.165) is 28.5 Å². The quantitative estimate of drug-likeness (QED) is 0.828. The molecule has 2 N–H and O–H groups in total. The lowest BCUT2D eigenvalue weighted by Gasteiger charge is -2.33. The number of nitrogens with two attached hydrogens (primary N) is 1. The molecule has 2 atom stereocenters. The van der Waals surface area contributed by atoms with E-state index in [1.54, 1.807) is 0 Å². The van der Waals surface area contributed by atoms with Gasteiger partial charge in [0, 0.05) is 16.1 Å². The van der Waals surface area contributed by atoms with Crippen molar-refractivity contribution in [1.82, 2.24) is 0 Å². The van der Waals surface area contributed by atoms with Gasteiger partial charge in [-0.25, -0.2) is 0 Å². The molecule has 0 spiro atoms. The molecule has 0 radical (unpaired) electrons. The Hall–Kier alpha value is -0.240. The van der Waals surface area contributed by atoms with Gasteiger partial charge in [0.05, 0.1) is 0 Å². The first-order chi connectivity index (χ1) is 6.66. The zero-order chi connectivity index (χ0) is 10.1. The highest BCUT2D eigenvalue weighted by molar-refractivity contribution is 6.33. The third-order valence-electron chi connectivity index (χ3n) is 2.97. The number of benzene rings is 1. The molecule has 0 aliphatic heterocycles. The molecule has 1 aliphatic rings. The number of hydrogen-bond donors (Lipinski definition) is 1. The standard InChI is InChI=1S/C11H13Cl2N/c12-9-2-3-10(13)8(6-9)5-7-1-4-11(7)14/h2-3,6-7,11H,1,4-5,14H2. The second kappa shape index (κ2) is 4.09. The van der Waals surface area contributed by atoms with Crippen molar-refractivity contribution in [2.75, 3.05) is 0 Å². The summed E-state index contributed by atoms with van der Waals surface area (Å²) in [6.45, 7) is 0. The molecule has 14 heavy (non-hydrogen) atoms. The van der Waals surface area contributed by atoms with Gasteiger partial charge < -0.3 is 5.73 Å². The SMILES string of the molecule is NC1CCC1Cc1cc(Cl)ccc1Cl. The summed E-state index contributed by atoms with van der Waals surface area (Å²) in [5.74, 6) is 0.589. The fraction of sp³-hybridized carbons (Fsp3) is 0.455. The minimum absolute atomic E-state index is 0.352. The number of rotatable bonds is 2. The zero-order valence-corrected chi connectivity index (χ0v) is 9.35. The topological polar surface area (TPSA) is 26.0 Å². The highest BCUT2D eigenvalue weighted by Crippen LogP contribution is 2.32. The molecular formula is C11H13Cl2N. The minimum Gasteiger partial charge on any atom is -0.327 e. The maximum atomic E-state index is 6.07. The predicted molar refractivity (Wildman–Crippen MR) is 60.9 cm³/mol. The summed E-state index contributed by atoms with van der Waals surface area (Å²) in [5, 5.41) is 1.55. The molecule has 1 aromatic rings. The van der Waals surface area contributed by atoms with E-state index in [9.17, 15) is 0 Å². The highest BCUT2D eigenvalue weighted by Gasteiger charge is 2.27. The molecule has 1 nitrogen and oxygen atoms in total. The Balaban J connectivity index is 2.11. The molecule has 0 bridgehead atoms. The molecule has 0 aromatic heterocycles. The van der Waals surface area contributed by atoms with Crippen molar-refractivity contribution in [3.63, 3.8) is 0 Å². The van der Waals surface area contributed by atoms with Gasteiger partial charge in [-0.2, -0.15) is 0 Å². The summed E-state index contributed by atoms with van der Waals surface area (Å²) in [6, 6.07) is 5.96. The van der Waals surface area contributed by atoms with Crippen molar-refractivity contribution >= 4 is 23.2 Å². The van der Waals surface area contributed by atoms with Crippen molar-refractivity contribution in [2.24, 2.45) is 11.7 Å². The van der Waals surface area contributed by atoms with Crippen molar-refractivity contribution in [3.05, 3.63) is 33.8 Å². The Kier molecular flexibility index (Phi) is 3.01. The summed E-state index contributed by atoms with van der Waals surface area (Å²) < 4.78 is 0. The molecule has 0 heterocycles. The lowest BCUT2D eigenvalue weighted by atomic mass is 9.76. The highest BCUT2D eigenvalue weighted by atomic mass is 35.5. The second-order valence-electron chi connectivity index (χ2n) is 3.94. The average Bonchev–Trinajstić information content (AvgIpc) is 2.17. The fourth-order valence-corrected chi connectivity index (χ4v) is 2.22. The van der Waals surface area contributed by atoms with Gasteiger partial charge in [-0.15, -0.1) is 0 Å². The van der Waals surface area contributed by atoms with E-state index in [-0.39, 0.29) is 0 Å². The molecule has 1 saturated carbocycles. The molecule has 3 heteroatoms. The van der Waals surface area contributed by atoms with Gasteiger partial charge in [-0.1, -0.05) is 23.2 Å². The summed E-state index contributed by atoms with van der Waals surface area (Å²) >= 11 is 12.0. The van der Waals surface area contributed by atoms with Gasteiger partial charge >= 0.3 is 0 Å². The van der Waals surface area contributed by atoms with Crippen molar-refractivity contribution in [2.45, 2.75) is 25.3 Å². The smallest absolute Gasteiger partial charge is 0.0439 e. The summed E-state index contributed by atoms with van der Waals surface area (Å²) in [4.78, 5) is 0. The lowest BCUT2D eigenvalue weighted by Crippen LogP contribution is -2.40. The monoisotopic (exact) mass is 229 g/mol. The first-order valence-electron chi connectivity index (χ1n) is 4.86. The van der Waals surface area contributed by atoms with Crippen LogP contribution in [-0.4, -0.2) is 6.04 Å². The van der Waals surface area contributed by atoms with Gasteiger partial charge in [-0.3, -0.25) is 0 Å².